The van der Waals surface area contributed by atoms with Crippen molar-refractivity contribution in [3.05, 3.63) is 97.1 Å². The highest BCUT2D eigenvalue weighted by atomic mass is 16.3. The summed E-state index contributed by atoms with van der Waals surface area (Å²) in [6.45, 7) is 0. The first-order chi connectivity index (χ1) is 12.9. The minimum Gasteiger partial charge on any atom is -0.455 e. The molecule has 0 aliphatic rings. The van der Waals surface area contributed by atoms with Crippen LogP contribution in [0.3, 0.4) is 0 Å². The van der Waals surface area contributed by atoms with Gasteiger partial charge in [0, 0.05) is 27.7 Å². The molecule has 2 heteroatoms. The van der Waals surface area contributed by atoms with Gasteiger partial charge >= 0.3 is 0 Å². The first-order valence-electron chi connectivity index (χ1n) is 8.71. The predicted octanol–water partition coefficient (Wildman–Crippen LogP) is 7.00. The number of rotatable bonds is 3. The average Bonchev–Trinajstić information content (AvgIpc) is 3.08. The number of furan rings is 1. The maximum Gasteiger partial charge on any atom is 0.143 e. The maximum atomic E-state index is 6.22. The third-order valence-electron chi connectivity index (χ3n) is 4.63. The predicted molar refractivity (Wildman–Crippen MR) is 109 cm³/mol. The van der Waals surface area contributed by atoms with Crippen LogP contribution in [0.25, 0.3) is 33.1 Å². The number of nitrogens with one attached hydrogen (secondary N) is 1. The van der Waals surface area contributed by atoms with Crippen LogP contribution < -0.4 is 5.32 Å². The molecule has 4 aromatic carbocycles. The standard InChI is InChI=1S/C24H17NO/c1-3-9-17(10-4-1)21-15-19(25-18-11-5-2-6-12-18)16-22-20-13-7-8-14-23(20)26-24(21)22/h1-16,25H. The van der Waals surface area contributed by atoms with Crippen LogP contribution in [0.4, 0.5) is 11.4 Å². The minimum absolute atomic E-state index is 0.913. The van der Waals surface area contributed by atoms with Gasteiger partial charge in [0.05, 0.1) is 0 Å². The number of anilines is 2. The second-order valence-electron chi connectivity index (χ2n) is 6.36. The summed E-state index contributed by atoms with van der Waals surface area (Å²) in [6, 6.07) is 33.1. The van der Waals surface area contributed by atoms with E-state index < -0.39 is 0 Å². The van der Waals surface area contributed by atoms with Crippen molar-refractivity contribution in [2.24, 2.45) is 0 Å². The van der Waals surface area contributed by atoms with E-state index in [1.165, 1.54) is 0 Å². The zero-order chi connectivity index (χ0) is 17.3. The molecule has 0 atom stereocenters. The largest absolute Gasteiger partial charge is 0.455 e. The lowest BCUT2D eigenvalue weighted by Crippen LogP contribution is -1.91. The Morgan fingerprint density at radius 3 is 2.08 bits per heavy atom. The van der Waals surface area contributed by atoms with Gasteiger partial charge in [0.2, 0.25) is 0 Å². The highest BCUT2D eigenvalue weighted by Crippen LogP contribution is 2.38. The Morgan fingerprint density at radius 2 is 1.27 bits per heavy atom. The number of para-hydroxylation sites is 2. The molecule has 124 valence electrons. The zero-order valence-electron chi connectivity index (χ0n) is 14.1. The molecule has 0 aliphatic heterocycles. The van der Waals surface area contributed by atoms with Gasteiger partial charge in [-0.05, 0) is 35.9 Å². The number of benzene rings is 4. The van der Waals surface area contributed by atoms with Gasteiger partial charge in [0.25, 0.3) is 0 Å². The monoisotopic (exact) mass is 335 g/mol. The lowest BCUT2D eigenvalue weighted by molar-refractivity contribution is 0.670. The molecule has 1 aromatic heterocycles. The lowest BCUT2D eigenvalue weighted by atomic mass is 10.0. The summed E-state index contributed by atoms with van der Waals surface area (Å²) in [5, 5.41) is 5.78. The molecule has 0 spiro atoms. The van der Waals surface area contributed by atoms with Crippen LogP contribution in [-0.4, -0.2) is 0 Å². The molecule has 0 radical (unpaired) electrons. The normalized spacial score (nSPS) is 11.1. The van der Waals surface area contributed by atoms with Crippen molar-refractivity contribution in [3.63, 3.8) is 0 Å². The molecule has 5 rings (SSSR count). The summed E-state index contributed by atoms with van der Waals surface area (Å²) in [6.07, 6.45) is 0. The second-order valence-corrected chi connectivity index (χ2v) is 6.36. The summed E-state index contributed by atoms with van der Waals surface area (Å²) < 4.78 is 6.22. The van der Waals surface area contributed by atoms with Crippen molar-refractivity contribution in [3.8, 4) is 11.1 Å². The number of hydrogen-bond donors (Lipinski definition) is 1. The Bertz CT molecular complexity index is 1190. The van der Waals surface area contributed by atoms with Crippen LogP contribution in [0.15, 0.2) is 101 Å². The molecule has 0 saturated heterocycles. The SMILES string of the molecule is c1ccc(Nc2cc(-c3ccccc3)c3oc4ccccc4c3c2)cc1. The third kappa shape index (κ3) is 2.52. The first-order valence-corrected chi connectivity index (χ1v) is 8.71. The molecule has 2 nitrogen and oxygen atoms in total. The van der Waals surface area contributed by atoms with E-state index in [1.807, 2.05) is 36.4 Å². The third-order valence-corrected chi connectivity index (χ3v) is 4.63. The van der Waals surface area contributed by atoms with E-state index in [0.717, 1.165) is 44.4 Å². The highest BCUT2D eigenvalue weighted by Gasteiger charge is 2.14. The molecule has 0 aliphatic carbocycles. The van der Waals surface area contributed by atoms with Crippen LogP contribution in [0.1, 0.15) is 0 Å². The van der Waals surface area contributed by atoms with E-state index in [9.17, 15) is 0 Å². The van der Waals surface area contributed by atoms with Gasteiger partial charge < -0.3 is 9.73 Å². The Kier molecular flexibility index (Phi) is 3.46. The fourth-order valence-corrected chi connectivity index (χ4v) is 3.42. The van der Waals surface area contributed by atoms with E-state index in [0.29, 0.717) is 0 Å². The van der Waals surface area contributed by atoms with Crippen molar-refractivity contribution < 1.29 is 4.42 Å². The average molecular weight is 335 g/mol. The van der Waals surface area contributed by atoms with E-state index in [2.05, 4.69) is 66.0 Å². The first kappa shape index (κ1) is 14.8. The number of hydrogen-bond acceptors (Lipinski definition) is 2. The molecule has 1 heterocycles. The van der Waals surface area contributed by atoms with Crippen LogP contribution in [0.2, 0.25) is 0 Å². The lowest BCUT2D eigenvalue weighted by Gasteiger charge is -2.10. The molecule has 5 aromatic rings. The Hall–Kier alpha value is -3.52. The van der Waals surface area contributed by atoms with Gasteiger partial charge in [0.1, 0.15) is 11.2 Å². The fourth-order valence-electron chi connectivity index (χ4n) is 3.42. The van der Waals surface area contributed by atoms with Crippen LogP contribution in [0, 0.1) is 0 Å². The van der Waals surface area contributed by atoms with Gasteiger partial charge in [0.15, 0.2) is 0 Å². The van der Waals surface area contributed by atoms with Crippen LogP contribution in [-0.2, 0) is 0 Å². The molecule has 0 unspecified atom stereocenters. The summed E-state index contributed by atoms with van der Waals surface area (Å²) in [4.78, 5) is 0. The van der Waals surface area contributed by atoms with Crippen molar-refractivity contribution in [1.29, 1.82) is 0 Å². The molecule has 0 saturated carbocycles. The quantitative estimate of drug-likeness (QED) is 0.384. The Morgan fingerprint density at radius 1 is 0.577 bits per heavy atom. The van der Waals surface area contributed by atoms with Crippen molar-refractivity contribution in [2.45, 2.75) is 0 Å². The van der Waals surface area contributed by atoms with Crippen molar-refractivity contribution in [1.82, 2.24) is 0 Å². The Labute approximate surface area is 151 Å². The van der Waals surface area contributed by atoms with Gasteiger partial charge in [-0.15, -0.1) is 0 Å². The van der Waals surface area contributed by atoms with E-state index in [1.54, 1.807) is 0 Å². The minimum atomic E-state index is 0.913. The summed E-state index contributed by atoms with van der Waals surface area (Å²) in [5.74, 6) is 0. The maximum absolute atomic E-state index is 6.22. The van der Waals surface area contributed by atoms with Crippen LogP contribution >= 0.6 is 0 Å². The smallest absolute Gasteiger partial charge is 0.143 e. The fraction of sp³-hybridized carbons (Fsp3) is 0. The molecule has 26 heavy (non-hydrogen) atoms. The molecular formula is C24H17NO. The molecular weight excluding hydrogens is 318 g/mol. The van der Waals surface area contributed by atoms with Crippen molar-refractivity contribution in [2.75, 3.05) is 5.32 Å². The van der Waals surface area contributed by atoms with E-state index in [-0.39, 0.29) is 0 Å². The molecule has 0 fully saturated rings. The Balaban J connectivity index is 1.77. The topological polar surface area (TPSA) is 25.2 Å². The van der Waals surface area contributed by atoms with Crippen LogP contribution in [0.5, 0.6) is 0 Å². The van der Waals surface area contributed by atoms with Gasteiger partial charge in [-0.3, -0.25) is 0 Å². The summed E-state index contributed by atoms with van der Waals surface area (Å²) in [7, 11) is 0. The van der Waals surface area contributed by atoms with E-state index >= 15 is 0 Å². The summed E-state index contributed by atoms with van der Waals surface area (Å²) in [5.41, 5.74) is 6.20. The molecule has 0 bridgehead atoms. The van der Waals surface area contributed by atoms with Gasteiger partial charge in [-0.1, -0.05) is 66.7 Å². The zero-order valence-corrected chi connectivity index (χ0v) is 14.1. The van der Waals surface area contributed by atoms with Gasteiger partial charge in [-0.25, -0.2) is 0 Å². The summed E-state index contributed by atoms with van der Waals surface area (Å²) >= 11 is 0. The number of fused-ring (bicyclic) bond motifs is 3. The second kappa shape index (κ2) is 6.08. The van der Waals surface area contributed by atoms with Gasteiger partial charge in [-0.2, -0.15) is 0 Å². The molecule has 1 N–H and O–H groups in total. The highest BCUT2D eigenvalue weighted by molar-refractivity contribution is 6.11. The van der Waals surface area contributed by atoms with Crippen molar-refractivity contribution >= 4 is 33.3 Å². The van der Waals surface area contributed by atoms with E-state index in [4.69, 9.17) is 4.42 Å². The molecule has 0 amide bonds.